The molecule has 4 unspecified atom stereocenters. The van der Waals surface area contributed by atoms with E-state index >= 15 is 0 Å². The summed E-state index contributed by atoms with van der Waals surface area (Å²) in [7, 11) is 1.46. The van der Waals surface area contributed by atoms with E-state index in [1.54, 1.807) is 0 Å². The number of methoxy groups -OCH3 is 1. The summed E-state index contributed by atoms with van der Waals surface area (Å²) in [5.74, 6) is 1.77. The second kappa shape index (κ2) is 7.28. The standard InChI is InChI=1S/C20H23NO3.C2H6.W/c1-12-15-7-8-19(2)9-13(18(22)23-4)5-6-16(19)20(15,3)10-14-11-21-24-17(12)14;1-2;/h6,9,11-12,15H,7-8,10H2,1-4H3;1-2H3;. The van der Waals surface area contributed by atoms with Gasteiger partial charge in [-0.1, -0.05) is 13.8 Å². The van der Waals surface area contributed by atoms with Gasteiger partial charge in [0.2, 0.25) is 0 Å². The van der Waals surface area contributed by atoms with Gasteiger partial charge in [-0.15, -0.1) is 0 Å². The van der Waals surface area contributed by atoms with Crippen LogP contribution in [-0.4, -0.2) is 22.1 Å². The number of hydrogen-bond acceptors (Lipinski definition) is 4. The van der Waals surface area contributed by atoms with Crippen molar-refractivity contribution < 1.29 is 33.4 Å². The van der Waals surface area contributed by atoms with Crippen molar-refractivity contribution in [3.63, 3.8) is 0 Å². The molecule has 0 bridgehead atoms. The quantitative estimate of drug-likeness (QED) is 0.492. The second-order valence-corrected chi connectivity index (χ2v) is 9.71. The maximum atomic E-state index is 12.2. The van der Waals surface area contributed by atoms with Crippen LogP contribution < -0.4 is 0 Å². The number of ether oxygens (including phenoxy) is 1. The van der Waals surface area contributed by atoms with Crippen molar-refractivity contribution >= 4 is 9.87 Å². The van der Waals surface area contributed by atoms with Crippen LogP contribution in [0.1, 0.15) is 64.7 Å². The Labute approximate surface area is 172 Å². The molecule has 3 aliphatic carbocycles. The molecule has 1 saturated carbocycles. The Kier molecular flexibility index (Phi) is 5.51. The van der Waals surface area contributed by atoms with Gasteiger partial charge in [0.25, 0.3) is 0 Å². The average Bonchev–Trinajstić information content (AvgIpc) is 3.11. The van der Waals surface area contributed by atoms with Crippen LogP contribution in [0.25, 0.3) is 0 Å². The molecule has 0 radical (unpaired) electrons. The minimum atomic E-state index is -0.216. The van der Waals surface area contributed by atoms with Gasteiger partial charge in [-0.3, -0.25) is 0 Å². The fourth-order valence-corrected chi connectivity index (χ4v) is 6.43. The number of carbonyl (C=O) groups is 1. The SMILES string of the molecule is CC.COC(=O)C1=CC2(C)CCC3C(C)c4oncc4CC3(C)C2=C[C]1=[W]. The fourth-order valence-electron chi connectivity index (χ4n) is 5.49. The van der Waals surface area contributed by atoms with Crippen LogP contribution in [0.5, 0.6) is 0 Å². The first-order chi connectivity index (χ1) is 12.8. The van der Waals surface area contributed by atoms with Gasteiger partial charge < -0.3 is 0 Å². The molecule has 0 N–H and O–H groups in total. The van der Waals surface area contributed by atoms with Crippen molar-refractivity contribution in [1.29, 1.82) is 0 Å². The zero-order valence-corrected chi connectivity index (χ0v) is 20.0. The van der Waals surface area contributed by atoms with Crippen molar-refractivity contribution in [1.82, 2.24) is 5.16 Å². The zero-order valence-electron chi connectivity index (χ0n) is 17.1. The van der Waals surface area contributed by atoms with Crippen LogP contribution in [-0.2, 0) is 35.3 Å². The number of fused-ring (bicyclic) bond motifs is 4. The van der Waals surface area contributed by atoms with Gasteiger partial charge in [0.1, 0.15) is 0 Å². The van der Waals surface area contributed by atoms with Crippen LogP contribution in [0.15, 0.2) is 34.0 Å². The van der Waals surface area contributed by atoms with Gasteiger partial charge in [-0.2, -0.15) is 0 Å². The van der Waals surface area contributed by atoms with Gasteiger partial charge in [0, 0.05) is 0 Å². The van der Waals surface area contributed by atoms with E-state index in [2.05, 4.69) is 38.1 Å². The van der Waals surface area contributed by atoms with Crippen molar-refractivity contribution in [2.24, 2.45) is 16.7 Å². The summed E-state index contributed by atoms with van der Waals surface area (Å²) in [4.78, 5) is 12.2. The molecule has 146 valence electrons. The van der Waals surface area contributed by atoms with Gasteiger partial charge in [-0.25, -0.2) is 0 Å². The molecule has 5 heteroatoms. The first-order valence-electron chi connectivity index (χ1n) is 9.82. The normalized spacial score (nSPS) is 34.1. The molecule has 0 aromatic carbocycles. The fraction of sp³-hybridized carbons (Fsp3) is 0.591. The summed E-state index contributed by atoms with van der Waals surface area (Å²) < 4.78 is 11.7. The molecule has 4 nitrogen and oxygen atoms in total. The summed E-state index contributed by atoms with van der Waals surface area (Å²) in [6.45, 7) is 10.9. The Morgan fingerprint density at radius 1 is 1.37 bits per heavy atom. The Morgan fingerprint density at radius 2 is 2.07 bits per heavy atom. The van der Waals surface area contributed by atoms with Gasteiger partial charge in [0.15, 0.2) is 0 Å². The monoisotopic (exact) mass is 539 g/mol. The van der Waals surface area contributed by atoms with E-state index in [9.17, 15) is 4.79 Å². The van der Waals surface area contributed by atoms with E-state index in [4.69, 9.17) is 9.26 Å². The van der Waals surface area contributed by atoms with Crippen LogP contribution in [0, 0.1) is 16.7 Å². The summed E-state index contributed by atoms with van der Waals surface area (Å²) in [6, 6.07) is 0. The molecule has 1 aromatic rings. The predicted octanol–water partition coefficient (Wildman–Crippen LogP) is 4.54. The topological polar surface area (TPSA) is 52.3 Å². The molecule has 3 aliphatic rings. The zero-order chi connectivity index (χ0) is 20.0. The third-order valence-electron chi connectivity index (χ3n) is 6.68. The minimum absolute atomic E-state index is 0.0732. The van der Waals surface area contributed by atoms with E-state index in [1.165, 1.54) is 37.6 Å². The van der Waals surface area contributed by atoms with Crippen molar-refractivity contribution in [2.75, 3.05) is 7.11 Å². The van der Waals surface area contributed by atoms with Crippen molar-refractivity contribution in [2.45, 2.75) is 59.8 Å². The first-order valence-corrected chi connectivity index (χ1v) is 11.3. The molecule has 1 fully saturated rings. The van der Waals surface area contributed by atoms with Crippen LogP contribution >= 0.6 is 0 Å². The number of allylic oxidation sites excluding steroid dienone is 3. The molecular formula is C22H29NO3W. The van der Waals surface area contributed by atoms with Gasteiger partial charge >= 0.3 is 159 Å². The number of carbonyl (C=O) groups excluding carboxylic acids is 1. The predicted molar refractivity (Wildman–Crippen MR) is 102 cm³/mol. The molecule has 27 heavy (non-hydrogen) atoms. The number of hydrogen-bond donors (Lipinski definition) is 0. The summed E-state index contributed by atoms with van der Waals surface area (Å²) >= 11 is 1.31. The number of aromatic nitrogens is 1. The molecule has 0 amide bonds. The summed E-state index contributed by atoms with van der Waals surface area (Å²) in [5.41, 5.74) is 3.45. The average molecular weight is 539 g/mol. The summed E-state index contributed by atoms with van der Waals surface area (Å²) in [5, 5.41) is 4.06. The number of rotatable bonds is 1. The number of esters is 1. The Morgan fingerprint density at radius 3 is 2.74 bits per heavy atom. The van der Waals surface area contributed by atoms with Crippen LogP contribution in [0.2, 0.25) is 0 Å². The van der Waals surface area contributed by atoms with E-state index in [0.717, 1.165) is 34.5 Å². The Hall–Kier alpha value is -1.28. The Bertz CT molecular complexity index is 836. The van der Waals surface area contributed by atoms with Crippen molar-refractivity contribution in [3.05, 3.63) is 40.8 Å². The molecule has 4 atom stereocenters. The molecule has 4 rings (SSSR count). The second-order valence-electron chi connectivity index (χ2n) is 8.13. The van der Waals surface area contributed by atoms with E-state index in [-0.39, 0.29) is 16.8 Å². The van der Waals surface area contributed by atoms with E-state index in [0.29, 0.717) is 11.8 Å². The van der Waals surface area contributed by atoms with Gasteiger partial charge in [0.05, 0.1) is 0 Å². The van der Waals surface area contributed by atoms with E-state index < -0.39 is 0 Å². The molecule has 0 saturated heterocycles. The van der Waals surface area contributed by atoms with Crippen LogP contribution in [0.4, 0.5) is 0 Å². The molecule has 0 aliphatic heterocycles. The number of nitrogens with zero attached hydrogens (tertiary/aromatic N) is 1. The first kappa shape index (κ1) is 20.5. The maximum absolute atomic E-state index is 12.2. The summed E-state index contributed by atoms with van der Waals surface area (Å²) in [6.07, 6.45) is 9.50. The molecule has 1 aromatic heterocycles. The molecular weight excluding hydrogens is 510 g/mol. The Balaban J connectivity index is 0.00000102. The van der Waals surface area contributed by atoms with Gasteiger partial charge in [-0.05, 0) is 0 Å². The third kappa shape index (κ3) is 3.05. The van der Waals surface area contributed by atoms with Crippen molar-refractivity contribution in [3.8, 4) is 0 Å². The molecule has 0 spiro atoms. The van der Waals surface area contributed by atoms with E-state index in [1.807, 2.05) is 20.0 Å². The molecule has 1 heterocycles. The third-order valence-corrected chi connectivity index (χ3v) is 7.90. The van der Waals surface area contributed by atoms with Crippen LogP contribution in [0.3, 0.4) is 0 Å².